The van der Waals surface area contributed by atoms with Gasteiger partial charge in [-0.25, -0.2) is 0 Å². The van der Waals surface area contributed by atoms with Crippen LogP contribution in [0.25, 0.3) is 0 Å². The molecule has 4 rings (SSSR count). The van der Waals surface area contributed by atoms with Gasteiger partial charge < -0.3 is 9.88 Å². The molecule has 8 heteroatoms. The van der Waals surface area contributed by atoms with Gasteiger partial charge in [0.05, 0.1) is 5.56 Å². The van der Waals surface area contributed by atoms with Crippen molar-refractivity contribution in [2.24, 2.45) is 7.05 Å². The predicted molar refractivity (Wildman–Crippen MR) is 122 cm³/mol. The van der Waals surface area contributed by atoms with Crippen LogP contribution in [-0.2, 0) is 17.6 Å². The molecule has 2 aromatic carbocycles. The molecule has 0 aliphatic carbocycles. The molecule has 1 aliphatic heterocycles. The maximum Gasteiger partial charge on any atom is 0.279 e. The average Bonchev–Trinajstić information content (AvgIpc) is 2.69. The monoisotopic (exact) mass is 459 g/mol. The highest BCUT2D eigenvalue weighted by molar-refractivity contribution is 7.98. The first-order valence-electron chi connectivity index (χ1n) is 9.38. The van der Waals surface area contributed by atoms with Gasteiger partial charge in [-0.15, -0.1) is 0 Å². The predicted octanol–water partition coefficient (Wildman–Crippen LogP) is 5.16. The Morgan fingerprint density at radius 1 is 1.13 bits per heavy atom. The molecule has 0 spiro atoms. The number of rotatable bonds is 4. The number of halogens is 2. The molecular formula is C22H19Cl2N3O2S. The fraction of sp³-hybridized carbons (Fsp3) is 0.227. The number of nitrogens with one attached hydrogen (secondary N) is 1. The third kappa shape index (κ3) is 4.00. The van der Waals surface area contributed by atoms with Crippen LogP contribution in [0.3, 0.4) is 0 Å². The van der Waals surface area contributed by atoms with Crippen LogP contribution in [0.4, 0.5) is 5.82 Å². The van der Waals surface area contributed by atoms with Crippen molar-refractivity contribution in [3.05, 3.63) is 85.1 Å². The van der Waals surface area contributed by atoms with E-state index in [4.69, 9.17) is 23.2 Å². The number of carbonyl (C=O) groups excluding carboxylic acids is 1. The zero-order chi connectivity index (χ0) is 21.4. The smallest absolute Gasteiger partial charge is 0.279 e. The molecule has 1 aromatic heterocycles. The van der Waals surface area contributed by atoms with Gasteiger partial charge >= 0.3 is 0 Å². The van der Waals surface area contributed by atoms with Crippen molar-refractivity contribution in [3.8, 4) is 0 Å². The topological polar surface area (TPSA) is 64.0 Å². The zero-order valence-electron chi connectivity index (χ0n) is 16.4. The number of aryl methyl sites for hydroxylation is 1. The van der Waals surface area contributed by atoms with Crippen LogP contribution < -0.4 is 10.9 Å². The largest absolute Gasteiger partial charge is 0.312 e. The van der Waals surface area contributed by atoms with Crippen LogP contribution in [0, 0.1) is 6.92 Å². The Bertz CT molecular complexity index is 1190. The minimum atomic E-state index is -0.544. The van der Waals surface area contributed by atoms with Gasteiger partial charge in [0.1, 0.15) is 5.82 Å². The molecule has 3 aromatic rings. The minimum Gasteiger partial charge on any atom is -0.312 e. The minimum absolute atomic E-state index is 0.0865. The molecule has 30 heavy (non-hydrogen) atoms. The van der Waals surface area contributed by atoms with Crippen LogP contribution in [0.5, 0.6) is 0 Å². The maximum atomic E-state index is 13.0. The summed E-state index contributed by atoms with van der Waals surface area (Å²) in [6.07, 6.45) is 0.0865. The lowest BCUT2D eigenvalue weighted by Crippen LogP contribution is -2.33. The Labute approximate surface area is 188 Å². The first-order valence-corrected chi connectivity index (χ1v) is 11.1. The number of carbonyl (C=O) groups is 1. The second-order valence-electron chi connectivity index (χ2n) is 7.24. The fourth-order valence-electron chi connectivity index (χ4n) is 3.70. The SMILES string of the molecule is Cc1cccc(CSc2nc(=O)c3c(n2C)NC(=O)CC3c2c(Cl)cccc2Cl)c1. The number of aromatic nitrogens is 2. The summed E-state index contributed by atoms with van der Waals surface area (Å²) in [6, 6.07) is 13.3. The Hall–Kier alpha value is -2.28. The first-order chi connectivity index (χ1) is 14.3. The Morgan fingerprint density at radius 3 is 2.53 bits per heavy atom. The number of amides is 1. The number of nitrogens with zero attached hydrogens (tertiary/aromatic N) is 2. The van der Waals surface area contributed by atoms with Gasteiger partial charge in [-0.05, 0) is 30.2 Å². The van der Waals surface area contributed by atoms with E-state index in [0.717, 1.165) is 5.56 Å². The Morgan fingerprint density at radius 2 is 1.83 bits per heavy atom. The molecule has 154 valence electrons. The molecule has 1 amide bonds. The first kappa shape index (κ1) is 21.0. The van der Waals surface area contributed by atoms with Gasteiger partial charge in [-0.1, -0.05) is 70.9 Å². The van der Waals surface area contributed by atoms with E-state index in [1.807, 2.05) is 25.1 Å². The summed E-state index contributed by atoms with van der Waals surface area (Å²) < 4.78 is 1.76. The Balaban J connectivity index is 1.76. The number of fused-ring (bicyclic) bond motifs is 1. The van der Waals surface area contributed by atoms with E-state index < -0.39 is 5.92 Å². The summed E-state index contributed by atoms with van der Waals surface area (Å²) in [5, 5.41) is 4.22. The van der Waals surface area contributed by atoms with E-state index in [1.54, 1.807) is 29.8 Å². The second kappa shape index (κ2) is 8.46. The number of thioether (sulfide) groups is 1. The normalized spacial score (nSPS) is 15.6. The summed E-state index contributed by atoms with van der Waals surface area (Å²) in [6.45, 7) is 2.04. The third-order valence-electron chi connectivity index (χ3n) is 5.10. The van der Waals surface area contributed by atoms with Gasteiger partial charge in [0.2, 0.25) is 5.91 Å². The van der Waals surface area contributed by atoms with E-state index in [0.29, 0.717) is 37.9 Å². The lowest BCUT2D eigenvalue weighted by molar-refractivity contribution is -0.116. The highest BCUT2D eigenvalue weighted by Gasteiger charge is 2.34. The standard InChI is InChI=1S/C22H19Cl2N3O2S/c1-12-5-3-6-13(9-12)11-30-22-26-21(29)19-14(10-17(28)25-20(19)27(22)2)18-15(23)7-4-8-16(18)24/h3-9,14H,10-11H2,1-2H3,(H,25,28). The van der Waals surface area contributed by atoms with Gasteiger partial charge in [-0.3, -0.25) is 9.59 Å². The van der Waals surface area contributed by atoms with Crippen molar-refractivity contribution in [1.29, 1.82) is 0 Å². The maximum absolute atomic E-state index is 13.0. The summed E-state index contributed by atoms with van der Waals surface area (Å²) in [5.74, 6) is 0.365. The van der Waals surface area contributed by atoms with E-state index in [9.17, 15) is 9.59 Å². The molecular weight excluding hydrogens is 441 g/mol. The number of anilines is 1. The molecule has 5 nitrogen and oxygen atoms in total. The summed E-state index contributed by atoms with van der Waals surface area (Å²) in [4.78, 5) is 29.8. The summed E-state index contributed by atoms with van der Waals surface area (Å²) in [5.41, 5.74) is 2.92. The van der Waals surface area contributed by atoms with E-state index >= 15 is 0 Å². The lowest BCUT2D eigenvalue weighted by Gasteiger charge is -2.28. The second-order valence-corrected chi connectivity index (χ2v) is 9.00. The molecule has 1 aliphatic rings. The third-order valence-corrected chi connectivity index (χ3v) is 6.86. The molecule has 0 radical (unpaired) electrons. The van der Waals surface area contributed by atoms with Gasteiger partial charge in [-0.2, -0.15) is 4.98 Å². The van der Waals surface area contributed by atoms with Crippen LogP contribution in [0.2, 0.25) is 10.0 Å². The molecule has 1 N–H and O–H groups in total. The van der Waals surface area contributed by atoms with Crippen molar-refractivity contribution in [3.63, 3.8) is 0 Å². The molecule has 0 saturated carbocycles. The molecule has 2 heterocycles. The van der Waals surface area contributed by atoms with E-state index in [-0.39, 0.29) is 17.9 Å². The van der Waals surface area contributed by atoms with Crippen LogP contribution in [0.1, 0.15) is 34.6 Å². The van der Waals surface area contributed by atoms with Gasteiger partial charge in [0, 0.05) is 35.2 Å². The molecule has 0 saturated heterocycles. The van der Waals surface area contributed by atoms with Crippen molar-refractivity contribution >= 4 is 46.7 Å². The van der Waals surface area contributed by atoms with Crippen LogP contribution in [-0.4, -0.2) is 15.5 Å². The van der Waals surface area contributed by atoms with Crippen LogP contribution >= 0.6 is 35.0 Å². The van der Waals surface area contributed by atoms with E-state index in [2.05, 4.69) is 16.4 Å². The molecule has 0 bridgehead atoms. The zero-order valence-corrected chi connectivity index (χ0v) is 18.7. The Kier molecular flexibility index (Phi) is 5.91. The van der Waals surface area contributed by atoms with Crippen molar-refractivity contribution in [1.82, 2.24) is 9.55 Å². The number of hydrogen-bond donors (Lipinski definition) is 1. The number of benzene rings is 2. The molecule has 1 atom stereocenters. The quantitative estimate of drug-likeness (QED) is 0.432. The van der Waals surface area contributed by atoms with Crippen LogP contribution in [0.15, 0.2) is 52.4 Å². The van der Waals surface area contributed by atoms with Gasteiger partial charge in [0.25, 0.3) is 5.56 Å². The van der Waals surface area contributed by atoms with Crippen molar-refractivity contribution < 1.29 is 4.79 Å². The average molecular weight is 460 g/mol. The highest BCUT2D eigenvalue weighted by Crippen LogP contribution is 2.41. The van der Waals surface area contributed by atoms with Crippen molar-refractivity contribution in [2.45, 2.75) is 30.2 Å². The summed E-state index contributed by atoms with van der Waals surface area (Å²) >= 11 is 14.2. The van der Waals surface area contributed by atoms with Gasteiger partial charge in [0.15, 0.2) is 5.16 Å². The molecule has 1 unspecified atom stereocenters. The molecule has 0 fully saturated rings. The van der Waals surface area contributed by atoms with E-state index in [1.165, 1.54) is 17.3 Å². The van der Waals surface area contributed by atoms with Crippen molar-refractivity contribution in [2.75, 3.05) is 5.32 Å². The summed E-state index contributed by atoms with van der Waals surface area (Å²) in [7, 11) is 1.79. The highest BCUT2D eigenvalue weighted by atomic mass is 35.5. The fourth-order valence-corrected chi connectivity index (χ4v) is 5.27. The number of hydrogen-bond acceptors (Lipinski definition) is 4. The lowest BCUT2D eigenvalue weighted by atomic mass is 9.86.